The average Bonchev–Trinajstić information content (AvgIpc) is 3.56. The first-order valence-corrected chi connectivity index (χ1v) is 16.2. The Morgan fingerprint density at radius 3 is 1.81 bits per heavy atom. The van der Waals surface area contributed by atoms with E-state index in [2.05, 4.69) is 5.32 Å². The molecule has 1 saturated carbocycles. The van der Waals surface area contributed by atoms with Crippen molar-refractivity contribution in [2.75, 3.05) is 10.8 Å². The molecule has 0 bridgehead atoms. The zero-order valence-corrected chi connectivity index (χ0v) is 24.9. The molecule has 4 aromatic rings. The molecule has 1 N–H and O–H groups in total. The number of anilines is 1. The fourth-order valence-electron chi connectivity index (χ4n) is 5.54. The fraction of sp³-hybridized carbons (Fsp3) is 0.257. The average molecular weight is 596 g/mol. The van der Waals surface area contributed by atoms with E-state index in [0.29, 0.717) is 12.1 Å². The zero-order valence-electron chi connectivity index (χ0n) is 24.1. The van der Waals surface area contributed by atoms with E-state index < -0.39 is 28.5 Å². The minimum absolute atomic E-state index is 0.0683. The molecule has 1 atom stereocenters. The van der Waals surface area contributed by atoms with Gasteiger partial charge in [0.25, 0.3) is 10.0 Å². The molecule has 8 heteroatoms. The van der Waals surface area contributed by atoms with Crippen LogP contribution in [0.4, 0.5) is 5.69 Å². The van der Waals surface area contributed by atoms with Crippen LogP contribution in [0.1, 0.15) is 36.8 Å². The van der Waals surface area contributed by atoms with Gasteiger partial charge in [-0.3, -0.25) is 13.9 Å². The number of benzene rings is 4. The Labute approximate surface area is 254 Å². The van der Waals surface area contributed by atoms with Crippen LogP contribution in [0, 0.1) is 0 Å². The summed E-state index contributed by atoms with van der Waals surface area (Å²) in [6.07, 6.45) is 4.24. The zero-order chi connectivity index (χ0) is 30.1. The fourth-order valence-corrected chi connectivity index (χ4v) is 6.98. The van der Waals surface area contributed by atoms with E-state index in [1.54, 1.807) is 53.4 Å². The third-order valence-corrected chi connectivity index (χ3v) is 9.61. The lowest BCUT2D eigenvalue weighted by atomic mass is 10.0. The van der Waals surface area contributed by atoms with Crippen LogP contribution < -0.4 is 9.62 Å². The van der Waals surface area contributed by atoms with Crippen LogP contribution in [-0.2, 0) is 32.6 Å². The van der Waals surface area contributed by atoms with Crippen molar-refractivity contribution >= 4 is 27.5 Å². The van der Waals surface area contributed by atoms with Crippen LogP contribution in [0.25, 0.3) is 0 Å². The van der Waals surface area contributed by atoms with Crippen molar-refractivity contribution in [1.82, 2.24) is 10.2 Å². The second-order valence-corrected chi connectivity index (χ2v) is 12.7. The molecule has 1 aliphatic carbocycles. The molecule has 0 spiro atoms. The van der Waals surface area contributed by atoms with Gasteiger partial charge in [0.15, 0.2) is 0 Å². The minimum Gasteiger partial charge on any atom is -0.352 e. The summed E-state index contributed by atoms with van der Waals surface area (Å²) in [6.45, 7) is -0.306. The SMILES string of the molecule is O=C(NC1CCCC1)[C@@H](Cc1ccccc1)N(Cc1ccccc1)C(=O)CN(c1ccccc1)S(=O)(=O)c1ccccc1. The Morgan fingerprint density at radius 2 is 1.23 bits per heavy atom. The summed E-state index contributed by atoms with van der Waals surface area (Å²) in [5.41, 5.74) is 2.13. The van der Waals surface area contributed by atoms with Gasteiger partial charge in [-0.2, -0.15) is 0 Å². The molecule has 0 radical (unpaired) electrons. The molecule has 1 fully saturated rings. The Bertz CT molecular complexity index is 1580. The maximum atomic E-state index is 14.4. The Balaban J connectivity index is 1.53. The molecule has 0 heterocycles. The predicted octanol–water partition coefficient (Wildman–Crippen LogP) is 5.58. The van der Waals surface area contributed by atoms with E-state index in [4.69, 9.17) is 0 Å². The van der Waals surface area contributed by atoms with E-state index in [-0.39, 0.29) is 23.4 Å². The first-order valence-electron chi connectivity index (χ1n) is 14.7. The Hall–Kier alpha value is -4.43. The van der Waals surface area contributed by atoms with Crippen LogP contribution in [0.5, 0.6) is 0 Å². The van der Waals surface area contributed by atoms with Gasteiger partial charge in [-0.1, -0.05) is 110 Å². The number of carbonyl (C=O) groups is 2. The van der Waals surface area contributed by atoms with Crippen molar-refractivity contribution in [3.63, 3.8) is 0 Å². The molecule has 2 amide bonds. The molecule has 1 aliphatic rings. The third-order valence-electron chi connectivity index (χ3n) is 7.82. The van der Waals surface area contributed by atoms with Crippen LogP contribution in [0.2, 0.25) is 0 Å². The number of amides is 2. The van der Waals surface area contributed by atoms with Crippen molar-refractivity contribution in [3.8, 4) is 0 Å². The van der Waals surface area contributed by atoms with Gasteiger partial charge in [0, 0.05) is 19.0 Å². The van der Waals surface area contributed by atoms with Crippen LogP contribution in [0.3, 0.4) is 0 Å². The third kappa shape index (κ3) is 7.70. The summed E-state index contributed by atoms with van der Waals surface area (Å²) < 4.78 is 29.0. The van der Waals surface area contributed by atoms with E-state index in [1.165, 1.54) is 12.1 Å². The topological polar surface area (TPSA) is 86.8 Å². The number of carbonyl (C=O) groups excluding carboxylic acids is 2. The van der Waals surface area contributed by atoms with E-state index >= 15 is 0 Å². The summed E-state index contributed by atoms with van der Waals surface area (Å²) >= 11 is 0. The van der Waals surface area contributed by atoms with Gasteiger partial charge in [-0.15, -0.1) is 0 Å². The number of nitrogens with one attached hydrogen (secondary N) is 1. The molecule has 0 aromatic heterocycles. The van der Waals surface area contributed by atoms with E-state index in [0.717, 1.165) is 41.1 Å². The highest BCUT2D eigenvalue weighted by molar-refractivity contribution is 7.92. The van der Waals surface area contributed by atoms with Gasteiger partial charge < -0.3 is 10.2 Å². The monoisotopic (exact) mass is 595 g/mol. The van der Waals surface area contributed by atoms with Crippen molar-refractivity contribution in [1.29, 1.82) is 0 Å². The van der Waals surface area contributed by atoms with Crippen molar-refractivity contribution < 1.29 is 18.0 Å². The smallest absolute Gasteiger partial charge is 0.264 e. The summed E-state index contributed by atoms with van der Waals surface area (Å²) in [4.78, 5) is 30.0. The number of rotatable bonds is 12. The molecular weight excluding hydrogens is 558 g/mol. The van der Waals surface area contributed by atoms with Crippen LogP contribution >= 0.6 is 0 Å². The molecule has 0 aliphatic heterocycles. The van der Waals surface area contributed by atoms with Crippen LogP contribution in [-0.4, -0.2) is 43.8 Å². The standard InChI is InChI=1S/C35H37N3O4S/c39-34(27-38(31-21-9-3-10-22-31)43(41,42)32-23-11-4-12-24-32)37(26-29-17-7-2-8-18-29)33(25-28-15-5-1-6-16-28)35(40)36-30-19-13-14-20-30/h1-12,15-18,21-24,30,33H,13-14,19-20,25-27H2,(H,36,40)/t33-/m1/s1. The molecule has 5 rings (SSSR count). The number of hydrogen-bond donors (Lipinski definition) is 1. The largest absolute Gasteiger partial charge is 0.352 e. The van der Waals surface area contributed by atoms with Crippen molar-refractivity contribution in [2.45, 2.75) is 55.6 Å². The first-order chi connectivity index (χ1) is 20.9. The summed E-state index contributed by atoms with van der Waals surface area (Å²) in [7, 11) is -4.09. The summed E-state index contributed by atoms with van der Waals surface area (Å²) in [6, 6.07) is 35.0. The lowest BCUT2D eigenvalue weighted by molar-refractivity contribution is -0.140. The summed E-state index contributed by atoms with van der Waals surface area (Å²) in [5.74, 6) is -0.688. The molecule has 0 unspecified atom stereocenters. The highest BCUT2D eigenvalue weighted by Crippen LogP contribution is 2.25. The van der Waals surface area contributed by atoms with Crippen LogP contribution in [0.15, 0.2) is 126 Å². The lowest BCUT2D eigenvalue weighted by Crippen LogP contribution is -2.54. The highest BCUT2D eigenvalue weighted by atomic mass is 32.2. The maximum Gasteiger partial charge on any atom is 0.264 e. The minimum atomic E-state index is -4.09. The Kier molecular flexibility index (Phi) is 9.89. The molecular formula is C35H37N3O4S. The normalized spacial score (nSPS) is 14.1. The molecule has 43 heavy (non-hydrogen) atoms. The molecule has 4 aromatic carbocycles. The highest BCUT2D eigenvalue weighted by Gasteiger charge is 2.35. The quantitative estimate of drug-likeness (QED) is 0.232. The number of hydrogen-bond acceptors (Lipinski definition) is 4. The van der Waals surface area contributed by atoms with Gasteiger partial charge in [-0.05, 0) is 48.2 Å². The summed E-state index contributed by atoms with van der Waals surface area (Å²) in [5, 5.41) is 3.20. The van der Waals surface area contributed by atoms with E-state index in [9.17, 15) is 18.0 Å². The van der Waals surface area contributed by atoms with Gasteiger partial charge in [0.05, 0.1) is 10.6 Å². The van der Waals surface area contributed by atoms with Crippen molar-refractivity contribution in [2.24, 2.45) is 0 Å². The molecule has 7 nitrogen and oxygen atoms in total. The molecule has 222 valence electrons. The predicted molar refractivity (Wildman–Crippen MR) is 169 cm³/mol. The van der Waals surface area contributed by atoms with Gasteiger partial charge in [0.2, 0.25) is 11.8 Å². The van der Waals surface area contributed by atoms with Crippen molar-refractivity contribution in [3.05, 3.63) is 132 Å². The maximum absolute atomic E-state index is 14.4. The van der Waals surface area contributed by atoms with Gasteiger partial charge in [-0.25, -0.2) is 8.42 Å². The Morgan fingerprint density at radius 1 is 0.721 bits per heavy atom. The lowest BCUT2D eigenvalue weighted by Gasteiger charge is -2.34. The second kappa shape index (κ2) is 14.2. The number of para-hydroxylation sites is 1. The van der Waals surface area contributed by atoms with E-state index in [1.807, 2.05) is 60.7 Å². The second-order valence-electron chi connectivity index (χ2n) is 10.9. The number of sulfonamides is 1. The number of nitrogens with zero attached hydrogens (tertiary/aromatic N) is 2. The van der Waals surface area contributed by atoms with Gasteiger partial charge in [0.1, 0.15) is 12.6 Å². The first kappa shape index (κ1) is 30.0. The van der Waals surface area contributed by atoms with Gasteiger partial charge >= 0.3 is 0 Å². The molecule has 0 saturated heterocycles.